The summed E-state index contributed by atoms with van der Waals surface area (Å²) in [6.45, 7) is 5.22. The van der Waals surface area contributed by atoms with Crippen LogP contribution in [-0.4, -0.2) is 11.9 Å². The number of hydrogen-bond acceptors (Lipinski definition) is 1. The Kier molecular flexibility index (Phi) is 5.65. The lowest BCUT2D eigenvalue weighted by Crippen LogP contribution is -2.34. The Morgan fingerprint density at radius 2 is 2.00 bits per heavy atom. The van der Waals surface area contributed by atoms with Gasteiger partial charge >= 0.3 is 0 Å². The van der Waals surface area contributed by atoms with Crippen LogP contribution in [-0.2, 0) is 6.54 Å². The van der Waals surface area contributed by atoms with E-state index in [-0.39, 0.29) is 0 Å². The minimum absolute atomic E-state index is 0.374. The van der Waals surface area contributed by atoms with Crippen LogP contribution >= 0.6 is 27.5 Å². The summed E-state index contributed by atoms with van der Waals surface area (Å²) in [5.74, 6) is 1.22. The van der Waals surface area contributed by atoms with Gasteiger partial charge in [-0.15, -0.1) is 11.6 Å². The molecule has 84 valence electrons. The summed E-state index contributed by atoms with van der Waals surface area (Å²) in [4.78, 5) is 0. The Hall–Kier alpha value is -0.0500. The Morgan fingerprint density at radius 1 is 1.33 bits per heavy atom. The SMILES string of the molecule is CC(C)C(CCl)NCc1ccccc1Br. The van der Waals surface area contributed by atoms with Crippen molar-refractivity contribution in [3.05, 3.63) is 34.3 Å². The zero-order valence-electron chi connectivity index (χ0n) is 9.13. The lowest BCUT2D eigenvalue weighted by molar-refractivity contribution is 0.430. The smallest absolute Gasteiger partial charge is 0.0380 e. The fourth-order valence-corrected chi connectivity index (χ4v) is 2.24. The highest BCUT2D eigenvalue weighted by atomic mass is 79.9. The number of benzene rings is 1. The van der Waals surface area contributed by atoms with Crippen molar-refractivity contribution in [1.82, 2.24) is 5.32 Å². The summed E-state index contributed by atoms with van der Waals surface area (Å²) < 4.78 is 1.15. The number of rotatable bonds is 5. The maximum atomic E-state index is 5.89. The minimum atomic E-state index is 0.374. The highest BCUT2D eigenvalue weighted by Crippen LogP contribution is 2.16. The molecule has 0 aliphatic heterocycles. The Balaban J connectivity index is 2.53. The fourth-order valence-electron chi connectivity index (χ4n) is 1.35. The second-order valence-corrected chi connectivity index (χ2v) is 5.14. The molecule has 0 heterocycles. The quantitative estimate of drug-likeness (QED) is 0.813. The van der Waals surface area contributed by atoms with Crippen molar-refractivity contribution in [3.8, 4) is 0 Å². The molecule has 3 heteroatoms. The molecule has 1 rings (SSSR count). The molecule has 0 radical (unpaired) electrons. The van der Waals surface area contributed by atoms with Crippen LogP contribution in [0.2, 0.25) is 0 Å². The summed E-state index contributed by atoms with van der Waals surface area (Å²) >= 11 is 9.43. The van der Waals surface area contributed by atoms with Gasteiger partial charge in [-0.05, 0) is 17.5 Å². The van der Waals surface area contributed by atoms with E-state index in [4.69, 9.17) is 11.6 Å². The third-order valence-corrected chi connectivity index (χ3v) is 3.59. The minimum Gasteiger partial charge on any atom is -0.308 e. The molecule has 1 nitrogen and oxygen atoms in total. The molecule has 0 aromatic heterocycles. The van der Waals surface area contributed by atoms with Crippen LogP contribution < -0.4 is 5.32 Å². The van der Waals surface area contributed by atoms with E-state index in [1.807, 2.05) is 12.1 Å². The predicted molar refractivity (Wildman–Crippen MR) is 70.3 cm³/mol. The van der Waals surface area contributed by atoms with Gasteiger partial charge in [0.25, 0.3) is 0 Å². The average Bonchev–Trinajstić information content (AvgIpc) is 2.21. The second kappa shape index (κ2) is 6.51. The number of hydrogen-bond donors (Lipinski definition) is 1. The highest BCUT2D eigenvalue weighted by Gasteiger charge is 2.11. The van der Waals surface area contributed by atoms with Crippen molar-refractivity contribution in [1.29, 1.82) is 0 Å². The van der Waals surface area contributed by atoms with E-state index in [2.05, 4.69) is 47.2 Å². The first-order valence-electron chi connectivity index (χ1n) is 5.18. The van der Waals surface area contributed by atoms with Crippen LogP contribution in [0.1, 0.15) is 19.4 Å². The maximum absolute atomic E-state index is 5.89. The van der Waals surface area contributed by atoms with Gasteiger partial charge in [-0.3, -0.25) is 0 Å². The van der Waals surface area contributed by atoms with Crippen molar-refractivity contribution < 1.29 is 0 Å². The first-order chi connectivity index (χ1) is 7.15. The molecule has 0 saturated heterocycles. The Bertz CT molecular complexity index is 301. The highest BCUT2D eigenvalue weighted by molar-refractivity contribution is 9.10. The van der Waals surface area contributed by atoms with Gasteiger partial charge in [-0.2, -0.15) is 0 Å². The molecule has 0 saturated carbocycles. The first kappa shape index (κ1) is 13.0. The molecule has 1 N–H and O–H groups in total. The zero-order chi connectivity index (χ0) is 11.3. The van der Waals surface area contributed by atoms with Crippen molar-refractivity contribution >= 4 is 27.5 Å². The van der Waals surface area contributed by atoms with Gasteiger partial charge in [0.1, 0.15) is 0 Å². The van der Waals surface area contributed by atoms with Gasteiger partial charge in [0.2, 0.25) is 0 Å². The Labute approximate surface area is 105 Å². The molecule has 0 fully saturated rings. The second-order valence-electron chi connectivity index (χ2n) is 3.98. The Morgan fingerprint density at radius 3 is 2.53 bits per heavy atom. The molecule has 0 aliphatic carbocycles. The molecule has 0 amide bonds. The molecule has 1 aromatic carbocycles. The van der Waals surface area contributed by atoms with Crippen LogP contribution in [0.3, 0.4) is 0 Å². The summed E-state index contributed by atoms with van der Waals surface area (Å²) in [6.07, 6.45) is 0. The van der Waals surface area contributed by atoms with E-state index in [0.717, 1.165) is 11.0 Å². The van der Waals surface area contributed by atoms with Crippen LogP contribution in [0.25, 0.3) is 0 Å². The van der Waals surface area contributed by atoms with Crippen LogP contribution in [0.4, 0.5) is 0 Å². The standard InChI is InChI=1S/C12H17BrClN/c1-9(2)12(7-14)15-8-10-5-3-4-6-11(10)13/h3-6,9,12,15H,7-8H2,1-2H3. The molecule has 0 spiro atoms. The third kappa shape index (κ3) is 4.13. The number of nitrogens with one attached hydrogen (secondary N) is 1. The van der Waals surface area contributed by atoms with Crippen LogP contribution in [0.15, 0.2) is 28.7 Å². The molecule has 1 aromatic rings. The van der Waals surface area contributed by atoms with Gasteiger partial charge in [-0.25, -0.2) is 0 Å². The molecule has 1 unspecified atom stereocenters. The largest absolute Gasteiger partial charge is 0.308 e. The van der Waals surface area contributed by atoms with E-state index in [1.54, 1.807) is 0 Å². The molecule has 15 heavy (non-hydrogen) atoms. The third-order valence-electron chi connectivity index (χ3n) is 2.48. The fraction of sp³-hybridized carbons (Fsp3) is 0.500. The maximum Gasteiger partial charge on any atom is 0.0380 e. The number of halogens is 2. The summed E-state index contributed by atoms with van der Waals surface area (Å²) in [7, 11) is 0. The zero-order valence-corrected chi connectivity index (χ0v) is 11.5. The van der Waals surface area contributed by atoms with E-state index in [1.165, 1.54) is 5.56 Å². The average molecular weight is 291 g/mol. The predicted octanol–water partition coefficient (Wildman–Crippen LogP) is 3.80. The van der Waals surface area contributed by atoms with Crippen LogP contribution in [0.5, 0.6) is 0 Å². The molecular weight excluding hydrogens is 273 g/mol. The molecule has 0 aliphatic rings. The van der Waals surface area contributed by atoms with E-state index >= 15 is 0 Å². The number of alkyl halides is 1. The van der Waals surface area contributed by atoms with Gasteiger partial charge in [-0.1, -0.05) is 48.0 Å². The van der Waals surface area contributed by atoms with Crippen LogP contribution in [0, 0.1) is 5.92 Å². The van der Waals surface area contributed by atoms with Gasteiger partial charge in [0.05, 0.1) is 0 Å². The normalized spacial score (nSPS) is 13.1. The van der Waals surface area contributed by atoms with Gasteiger partial charge in [0, 0.05) is 22.9 Å². The van der Waals surface area contributed by atoms with Gasteiger partial charge in [0.15, 0.2) is 0 Å². The monoisotopic (exact) mass is 289 g/mol. The lowest BCUT2D eigenvalue weighted by Gasteiger charge is -2.20. The van der Waals surface area contributed by atoms with E-state index < -0.39 is 0 Å². The van der Waals surface area contributed by atoms with E-state index in [0.29, 0.717) is 17.8 Å². The topological polar surface area (TPSA) is 12.0 Å². The lowest BCUT2D eigenvalue weighted by atomic mass is 10.1. The molecule has 0 bridgehead atoms. The first-order valence-corrected chi connectivity index (χ1v) is 6.50. The van der Waals surface area contributed by atoms with Crippen molar-refractivity contribution in [2.75, 3.05) is 5.88 Å². The van der Waals surface area contributed by atoms with Gasteiger partial charge < -0.3 is 5.32 Å². The van der Waals surface area contributed by atoms with Crippen molar-refractivity contribution in [2.45, 2.75) is 26.4 Å². The summed E-state index contributed by atoms with van der Waals surface area (Å²) in [5, 5.41) is 3.46. The molecule has 1 atom stereocenters. The van der Waals surface area contributed by atoms with Crippen molar-refractivity contribution in [2.24, 2.45) is 5.92 Å². The molecular formula is C12H17BrClN. The van der Waals surface area contributed by atoms with Crippen molar-refractivity contribution in [3.63, 3.8) is 0 Å². The van der Waals surface area contributed by atoms with E-state index in [9.17, 15) is 0 Å². The summed E-state index contributed by atoms with van der Waals surface area (Å²) in [6, 6.07) is 8.62. The summed E-state index contributed by atoms with van der Waals surface area (Å²) in [5.41, 5.74) is 1.27.